The minimum absolute atomic E-state index is 0.0840. The quantitative estimate of drug-likeness (QED) is 0.523. The molecule has 6 heteroatoms. The van der Waals surface area contributed by atoms with Gasteiger partial charge in [0.15, 0.2) is 5.13 Å². The summed E-state index contributed by atoms with van der Waals surface area (Å²) in [5, 5.41) is 4.53. The number of thiazole rings is 1. The molecular formula is C21H19N3O2S. The van der Waals surface area contributed by atoms with Crippen LogP contribution in [-0.2, 0) is 17.6 Å². The van der Waals surface area contributed by atoms with E-state index in [2.05, 4.69) is 27.4 Å². The number of benzene rings is 2. The maximum Gasteiger partial charge on any atom is 0.230 e. The largest absolute Gasteiger partial charge is 0.497 e. The van der Waals surface area contributed by atoms with Gasteiger partial charge < -0.3 is 15.0 Å². The van der Waals surface area contributed by atoms with Crippen molar-refractivity contribution >= 4 is 33.3 Å². The lowest BCUT2D eigenvalue weighted by molar-refractivity contribution is -0.115. The van der Waals surface area contributed by atoms with Gasteiger partial charge in [0.1, 0.15) is 5.75 Å². The number of hydrogen-bond acceptors (Lipinski definition) is 4. The number of carbonyl (C=O) groups is 1. The van der Waals surface area contributed by atoms with Crippen LogP contribution >= 0.6 is 11.3 Å². The number of hydrogen-bond donors (Lipinski definition) is 2. The van der Waals surface area contributed by atoms with E-state index in [0.717, 1.165) is 33.5 Å². The molecule has 0 aliphatic heterocycles. The van der Waals surface area contributed by atoms with E-state index < -0.39 is 0 Å². The molecule has 0 unspecified atom stereocenters. The summed E-state index contributed by atoms with van der Waals surface area (Å²) in [4.78, 5) is 21.1. The molecule has 2 N–H and O–H groups in total. The van der Waals surface area contributed by atoms with Crippen LogP contribution in [0.3, 0.4) is 0 Å². The first-order valence-electron chi connectivity index (χ1n) is 8.64. The highest BCUT2D eigenvalue weighted by molar-refractivity contribution is 7.15. The molecule has 0 spiro atoms. The summed E-state index contributed by atoms with van der Waals surface area (Å²) in [6.45, 7) is 0. The molecule has 0 aliphatic rings. The highest BCUT2D eigenvalue weighted by atomic mass is 32.1. The van der Waals surface area contributed by atoms with Gasteiger partial charge in [-0.25, -0.2) is 4.98 Å². The number of fused-ring (bicyclic) bond motifs is 1. The Morgan fingerprint density at radius 1 is 1.22 bits per heavy atom. The van der Waals surface area contributed by atoms with Crippen LogP contribution in [0.4, 0.5) is 5.13 Å². The van der Waals surface area contributed by atoms with Gasteiger partial charge in [0.05, 0.1) is 13.5 Å². The van der Waals surface area contributed by atoms with E-state index in [-0.39, 0.29) is 12.3 Å². The Hall–Kier alpha value is -3.12. The fourth-order valence-corrected chi connectivity index (χ4v) is 3.87. The number of aromatic amines is 1. The second-order valence-electron chi connectivity index (χ2n) is 6.24. The molecule has 2 aromatic heterocycles. The Balaban J connectivity index is 1.43. The molecule has 0 radical (unpaired) electrons. The number of methoxy groups -OCH3 is 1. The normalized spacial score (nSPS) is 10.9. The van der Waals surface area contributed by atoms with Crippen molar-refractivity contribution in [3.8, 4) is 5.75 Å². The number of H-pyrrole nitrogens is 1. The van der Waals surface area contributed by atoms with Crippen molar-refractivity contribution in [1.29, 1.82) is 0 Å². The molecule has 0 atom stereocenters. The number of ether oxygens (including phenoxy) is 1. The minimum atomic E-state index is -0.0840. The molecule has 1 amide bonds. The summed E-state index contributed by atoms with van der Waals surface area (Å²) in [5.41, 5.74) is 3.15. The van der Waals surface area contributed by atoms with Gasteiger partial charge in [0.2, 0.25) is 5.91 Å². The zero-order valence-corrected chi connectivity index (χ0v) is 15.7. The van der Waals surface area contributed by atoms with Crippen LogP contribution in [0.1, 0.15) is 16.0 Å². The average molecular weight is 377 g/mol. The molecular weight excluding hydrogens is 358 g/mol. The lowest BCUT2D eigenvalue weighted by Crippen LogP contribution is -2.13. The van der Waals surface area contributed by atoms with E-state index in [4.69, 9.17) is 4.74 Å². The molecule has 27 heavy (non-hydrogen) atoms. The van der Waals surface area contributed by atoms with Crippen LogP contribution in [0, 0.1) is 0 Å². The third-order valence-electron chi connectivity index (χ3n) is 4.35. The third kappa shape index (κ3) is 4.01. The Morgan fingerprint density at radius 3 is 2.89 bits per heavy atom. The molecule has 0 aliphatic carbocycles. The van der Waals surface area contributed by atoms with Gasteiger partial charge in [-0.15, -0.1) is 11.3 Å². The second-order valence-corrected chi connectivity index (χ2v) is 7.36. The van der Waals surface area contributed by atoms with Crippen molar-refractivity contribution in [2.45, 2.75) is 12.8 Å². The first-order valence-corrected chi connectivity index (χ1v) is 9.45. The van der Waals surface area contributed by atoms with Crippen molar-refractivity contribution in [2.75, 3.05) is 12.4 Å². The Morgan fingerprint density at radius 2 is 2.07 bits per heavy atom. The first kappa shape index (κ1) is 17.3. The number of carbonyl (C=O) groups excluding carboxylic acids is 1. The minimum Gasteiger partial charge on any atom is -0.497 e. The molecule has 0 fully saturated rings. The number of anilines is 1. The molecule has 2 heterocycles. The SMILES string of the molecule is COc1ccc2[nH]cc(CC(=O)Nc3ncc(Cc4ccccc4)s3)c2c1. The second kappa shape index (κ2) is 7.63. The van der Waals surface area contributed by atoms with Gasteiger partial charge in [0, 0.05) is 34.6 Å². The summed E-state index contributed by atoms with van der Waals surface area (Å²) in [6, 6.07) is 16.0. The Bertz CT molecular complexity index is 1070. The third-order valence-corrected chi connectivity index (χ3v) is 5.26. The van der Waals surface area contributed by atoms with E-state index in [0.29, 0.717) is 5.13 Å². The van der Waals surface area contributed by atoms with Crippen LogP contribution in [0.5, 0.6) is 5.75 Å². The fraction of sp³-hybridized carbons (Fsp3) is 0.143. The number of nitrogens with zero attached hydrogens (tertiary/aromatic N) is 1. The molecule has 2 aromatic carbocycles. The average Bonchev–Trinajstić information content (AvgIpc) is 3.29. The monoisotopic (exact) mass is 377 g/mol. The van der Waals surface area contributed by atoms with E-state index in [1.807, 2.05) is 48.8 Å². The van der Waals surface area contributed by atoms with Crippen LogP contribution < -0.4 is 10.1 Å². The summed E-state index contributed by atoms with van der Waals surface area (Å²) in [6.07, 6.45) is 4.79. The summed E-state index contributed by atoms with van der Waals surface area (Å²) >= 11 is 1.51. The van der Waals surface area contributed by atoms with Crippen LogP contribution in [-0.4, -0.2) is 23.0 Å². The standard InChI is InChI=1S/C21H19N3O2S/c1-26-16-7-8-19-18(11-16)15(12-22-19)10-20(25)24-21-23-13-17(27-21)9-14-5-3-2-4-6-14/h2-8,11-13,22H,9-10H2,1H3,(H,23,24,25). The van der Waals surface area contributed by atoms with Gasteiger partial charge >= 0.3 is 0 Å². The Labute approximate surface area is 161 Å². The van der Waals surface area contributed by atoms with Gasteiger partial charge in [-0.05, 0) is 29.3 Å². The van der Waals surface area contributed by atoms with Crippen LogP contribution in [0.15, 0.2) is 60.9 Å². The van der Waals surface area contributed by atoms with E-state index in [1.54, 1.807) is 7.11 Å². The summed E-state index contributed by atoms with van der Waals surface area (Å²) in [5.74, 6) is 0.688. The zero-order chi connectivity index (χ0) is 18.6. The molecule has 0 saturated heterocycles. The predicted octanol–water partition coefficient (Wildman–Crippen LogP) is 4.41. The van der Waals surface area contributed by atoms with Gasteiger partial charge in [-0.3, -0.25) is 4.79 Å². The molecule has 0 saturated carbocycles. The van der Waals surface area contributed by atoms with Crippen molar-refractivity contribution in [3.63, 3.8) is 0 Å². The molecule has 4 aromatic rings. The number of nitrogens with one attached hydrogen (secondary N) is 2. The van der Waals surface area contributed by atoms with Crippen molar-refractivity contribution in [1.82, 2.24) is 9.97 Å². The first-order chi connectivity index (χ1) is 13.2. The fourth-order valence-electron chi connectivity index (χ4n) is 3.01. The maximum absolute atomic E-state index is 12.5. The number of aromatic nitrogens is 2. The maximum atomic E-state index is 12.5. The van der Waals surface area contributed by atoms with E-state index in [1.165, 1.54) is 16.9 Å². The van der Waals surface area contributed by atoms with Crippen molar-refractivity contribution in [3.05, 3.63) is 76.9 Å². The highest BCUT2D eigenvalue weighted by Crippen LogP contribution is 2.25. The van der Waals surface area contributed by atoms with Crippen LogP contribution in [0.2, 0.25) is 0 Å². The highest BCUT2D eigenvalue weighted by Gasteiger charge is 2.12. The molecule has 0 bridgehead atoms. The Kier molecular flexibility index (Phi) is 4.89. The summed E-state index contributed by atoms with van der Waals surface area (Å²) in [7, 11) is 1.63. The van der Waals surface area contributed by atoms with Crippen LogP contribution in [0.25, 0.3) is 10.9 Å². The topological polar surface area (TPSA) is 67.0 Å². The lowest BCUT2D eigenvalue weighted by atomic mass is 10.1. The lowest BCUT2D eigenvalue weighted by Gasteiger charge is -2.03. The zero-order valence-electron chi connectivity index (χ0n) is 14.9. The van der Waals surface area contributed by atoms with Crippen molar-refractivity contribution in [2.24, 2.45) is 0 Å². The van der Waals surface area contributed by atoms with E-state index >= 15 is 0 Å². The number of amides is 1. The van der Waals surface area contributed by atoms with Gasteiger partial charge in [-0.1, -0.05) is 30.3 Å². The molecule has 136 valence electrons. The molecule has 5 nitrogen and oxygen atoms in total. The van der Waals surface area contributed by atoms with Gasteiger partial charge in [0.25, 0.3) is 0 Å². The van der Waals surface area contributed by atoms with Gasteiger partial charge in [-0.2, -0.15) is 0 Å². The molecule has 4 rings (SSSR count). The number of rotatable bonds is 6. The van der Waals surface area contributed by atoms with Crippen molar-refractivity contribution < 1.29 is 9.53 Å². The predicted molar refractivity (Wildman–Crippen MR) is 109 cm³/mol. The summed E-state index contributed by atoms with van der Waals surface area (Å²) < 4.78 is 5.28. The van der Waals surface area contributed by atoms with E-state index in [9.17, 15) is 4.79 Å². The smallest absolute Gasteiger partial charge is 0.230 e.